The lowest BCUT2D eigenvalue weighted by atomic mass is 10.1. The first-order chi connectivity index (χ1) is 13.8. The fourth-order valence-electron chi connectivity index (χ4n) is 2.88. The van der Waals surface area contributed by atoms with Crippen LogP contribution < -0.4 is 10.1 Å². The monoisotopic (exact) mass is 412 g/mol. The molecule has 0 saturated carbocycles. The quantitative estimate of drug-likeness (QED) is 0.411. The Kier molecular flexibility index (Phi) is 6.14. The van der Waals surface area contributed by atoms with Gasteiger partial charge in [0, 0.05) is 22.7 Å². The minimum Gasteiger partial charge on any atom is -0.361 e. The molecule has 8 heteroatoms. The maximum absolute atomic E-state index is 12.6. The number of para-hydroxylation sites is 1. The zero-order chi connectivity index (χ0) is 21.0. The standard InChI is InChI=1S/C21H24N4O3S/c1-14(2)20(25-29(27,28)17-10-8-15(3)9-11-17)21(26)24-23-13-16-12-22-19-7-5-4-6-18(16)19/h4-14,20,22,25H,1-3H3,(H,24,26)/b23-13-/t20-/m0/s1. The third-order valence-corrected chi connectivity index (χ3v) is 6.02. The Morgan fingerprint density at radius 2 is 1.79 bits per heavy atom. The van der Waals surface area contributed by atoms with Crippen molar-refractivity contribution >= 4 is 33.0 Å². The van der Waals surface area contributed by atoms with E-state index in [9.17, 15) is 13.2 Å². The minimum absolute atomic E-state index is 0.115. The number of benzene rings is 2. The van der Waals surface area contributed by atoms with Crippen LogP contribution in [0.1, 0.15) is 25.0 Å². The molecule has 1 aromatic heterocycles. The third-order valence-electron chi connectivity index (χ3n) is 4.56. The number of aryl methyl sites for hydroxylation is 1. The summed E-state index contributed by atoms with van der Waals surface area (Å²) in [5.41, 5.74) is 5.18. The number of carbonyl (C=O) groups excluding carboxylic acids is 1. The molecule has 0 radical (unpaired) electrons. The highest BCUT2D eigenvalue weighted by Crippen LogP contribution is 2.16. The molecule has 1 atom stereocenters. The molecule has 2 aromatic carbocycles. The fraction of sp³-hybridized carbons (Fsp3) is 0.238. The van der Waals surface area contributed by atoms with Crippen LogP contribution in [0, 0.1) is 12.8 Å². The number of carbonyl (C=O) groups is 1. The molecule has 0 unspecified atom stereocenters. The molecular weight excluding hydrogens is 388 g/mol. The first-order valence-electron chi connectivity index (χ1n) is 9.26. The predicted octanol–water partition coefficient (Wildman–Crippen LogP) is 2.93. The van der Waals surface area contributed by atoms with Gasteiger partial charge in [-0.25, -0.2) is 13.8 Å². The van der Waals surface area contributed by atoms with E-state index in [-0.39, 0.29) is 10.8 Å². The Bertz CT molecular complexity index is 1130. The Labute approximate surface area is 170 Å². The summed E-state index contributed by atoms with van der Waals surface area (Å²) in [4.78, 5) is 15.8. The number of hydrogen-bond acceptors (Lipinski definition) is 4. The van der Waals surface area contributed by atoms with Gasteiger partial charge in [-0.15, -0.1) is 0 Å². The topological polar surface area (TPSA) is 103 Å². The van der Waals surface area contributed by atoms with E-state index in [0.717, 1.165) is 22.0 Å². The molecule has 0 spiro atoms. The maximum atomic E-state index is 12.6. The van der Waals surface area contributed by atoms with Gasteiger partial charge in [-0.1, -0.05) is 49.7 Å². The number of fused-ring (bicyclic) bond motifs is 1. The van der Waals surface area contributed by atoms with Crippen molar-refractivity contribution < 1.29 is 13.2 Å². The predicted molar refractivity (Wildman–Crippen MR) is 114 cm³/mol. The van der Waals surface area contributed by atoms with Gasteiger partial charge in [0.1, 0.15) is 6.04 Å². The van der Waals surface area contributed by atoms with Crippen LogP contribution in [-0.4, -0.2) is 31.6 Å². The summed E-state index contributed by atoms with van der Waals surface area (Å²) in [6, 6.07) is 13.2. The largest absolute Gasteiger partial charge is 0.361 e. The van der Waals surface area contributed by atoms with Crippen LogP contribution in [0.3, 0.4) is 0 Å². The molecule has 0 saturated heterocycles. The number of hydrazone groups is 1. The van der Waals surface area contributed by atoms with Crippen molar-refractivity contribution in [3.63, 3.8) is 0 Å². The molecule has 3 aromatic rings. The third kappa shape index (κ3) is 4.90. The van der Waals surface area contributed by atoms with Crippen LogP contribution in [0.15, 0.2) is 64.7 Å². The van der Waals surface area contributed by atoms with E-state index < -0.39 is 22.0 Å². The Morgan fingerprint density at radius 1 is 1.10 bits per heavy atom. The highest BCUT2D eigenvalue weighted by Gasteiger charge is 2.28. The number of nitrogens with zero attached hydrogens (tertiary/aromatic N) is 1. The van der Waals surface area contributed by atoms with Crippen molar-refractivity contribution in [2.45, 2.75) is 31.7 Å². The molecule has 3 rings (SSSR count). The summed E-state index contributed by atoms with van der Waals surface area (Å²) in [6.07, 6.45) is 3.32. The lowest BCUT2D eigenvalue weighted by Crippen LogP contribution is -2.48. The van der Waals surface area contributed by atoms with Crippen molar-refractivity contribution in [2.75, 3.05) is 0 Å². The summed E-state index contributed by atoms with van der Waals surface area (Å²) in [7, 11) is -3.83. The molecule has 7 nitrogen and oxygen atoms in total. The molecule has 0 bridgehead atoms. The highest BCUT2D eigenvalue weighted by molar-refractivity contribution is 7.89. The molecule has 29 heavy (non-hydrogen) atoms. The molecule has 3 N–H and O–H groups in total. The number of hydrogen-bond donors (Lipinski definition) is 3. The van der Waals surface area contributed by atoms with Crippen molar-refractivity contribution in [3.8, 4) is 0 Å². The van der Waals surface area contributed by atoms with Gasteiger partial charge in [-0.2, -0.15) is 9.82 Å². The van der Waals surface area contributed by atoms with Gasteiger partial charge in [0.25, 0.3) is 5.91 Å². The van der Waals surface area contributed by atoms with Crippen LogP contribution in [0.4, 0.5) is 0 Å². The van der Waals surface area contributed by atoms with Gasteiger partial charge >= 0.3 is 0 Å². The summed E-state index contributed by atoms with van der Waals surface area (Å²) < 4.78 is 27.8. The van der Waals surface area contributed by atoms with Crippen molar-refractivity contribution in [3.05, 3.63) is 65.9 Å². The number of aromatic nitrogens is 1. The number of rotatable bonds is 7. The zero-order valence-electron chi connectivity index (χ0n) is 16.5. The molecule has 1 heterocycles. The molecule has 0 aliphatic carbocycles. The number of sulfonamides is 1. The first kappa shape index (κ1) is 20.8. The maximum Gasteiger partial charge on any atom is 0.258 e. The molecule has 0 fully saturated rings. The molecule has 152 valence electrons. The van der Waals surface area contributed by atoms with Gasteiger partial charge in [0.05, 0.1) is 11.1 Å². The SMILES string of the molecule is Cc1ccc(S(=O)(=O)N[C@H](C(=O)N/N=C\c2c[nH]c3ccccc23)C(C)C)cc1. The van der Waals surface area contributed by atoms with Gasteiger partial charge < -0.3 is 4.98 Å². The van der Waals surface area contributed by atoms with Gasteiger partial charge in [-0.3, -0.25) is 4.79 Å². The Hall–Kier alpha value is -2.97. The van der Waals surface area contributed by atoms with Crippen LogP contribution in [0.2, 0.25) is 0 Å². The number of aromatic amines is 1. The Balaban J connectivity index is 1.71. The summed E-state index contributed by atoms with van der Waals surface area (Å²) >= 11 is 0. The second kappa shape index (κ2) is 8.59. The van der Waals surface area contributed by atoms with Crippen LogP contribution in [0.5, 0.6) is 0 Å². The smallest absolute Gasteiger partial charge is 0.258 e. The normalized spacial score (nSPS) is 13.2. The number of H-pyrrole nitrogens is 1. The van der Waals surface area contributed by atoms with Gasteiger partial charge in [0.15, 0.2) is 0 Å². The minimum atomic E-state index is -3.83. The molecule has 0 aliphatic heterocycles. The van der Waals surface area contributed by atoms with E-state index >= 15 is 0 Å². The molecule has 0 aliphatic rings. The fourth-order valence-corrected chi connectivity index (χ4v) is 4.22. The van der Waals surface area contributed by atoms with E-state index in [1.165, 1.54) is 18.3 Å². The average molecular weight is 413 g/mol. The summed E-state index contributed by atoms with van der Waals surface area (Å²) in [5, 5.41) is 4.98. The molecule has 1 amide bonds. The first-order valence-corrected chi connectivity index (χ1v) is 10.7. The van der Waals surface area contributed by atoms with E-state index in [2.05, 4.69) is 20.2 Å². The van der Waals surface area contributed by atoms with E-state index in [1.54, 1.807) is 32.2 Å². The van der Waals surface area contributed by atoms with E-state index in [4.69, 9.17) is 0 Å². The van der Waals surface area contributed by atoms with E-state index in [1.807, 2.05) is 31.2 Å². The second-order valence-electron chi connectivity index (χ2n) is 7.18. The lowest BCUT2D eigenvalue weighted by molar-refractivity contribution is -0.123. The van der Waals surface area contributed by atoms with Crippen LogP contribution in [-0.2, 0) is 14.8 Å². The van der Waals surface area contributed by atoms with Crippen LogP contribution >= 0.6 is 0 Å². The summed E-state index contributed by atoms with van der Waals surface area (Å²) in [6.45, 7) is 5.41. The van der Waals surface area contributed by atoms with Crippen molar-refractivity contribution in [2.24, 2.45) is 11.0 Å². The van der Waals surface area contributed by atoms with Gasteiger partial charge in [0.2, 0.25) is 10.0 Å². The Morgan fingerprint density at radius 3 is 2.48 bits per heavy atom. The van der Waals surface area contributed by atoms with Gasteiger partial charge in [-0.05, 0) is 31.0 Å². The second-order valence-corrected chi connectivity index (χ2v) is 8.89. The molecular formula is C21H24N4O3S. The summed E-state index contributed by atoms with van der Waals surface area (Å²) in [5.74, 6) is -0.787. The lowest BCUT2D eigenvalue weighted by Gasteiger charge is -2.20. The average Bonchev–Trinajstić information content (AvgIpc) is 3.09. The zero-order valence-corrected chi connectivity index (χ0v) is 17.3. The highest BCUT2D eigenvalue weighted by atomic mass is 32.2. The van der Waals surface area contributed by atoms with Crippen molar-refractivity contribution in [1.82, 2.24) is 15.1 Å². The van der Waals surface area contributed by atoms with E-state index in [0.29, 0.717) is 0 Å². The van der Waals surface area contributed by atoms with Crippen LogP contribution in [0.25, 0.3) is 10.9 Å². The number of nitrogens with one attached hydrogen (secondary N) is 3. The number of amides is 1. The van der Waals surface area contributed by atoms with Crippen molar-refractivity contribution in [1.29, 1.82) is 0 Å².